The summed E-state index contributed by atoms with van der Waals surface area (Å²) in [6.45, 7) is 2.02. The van der Waals surface area contributed by atoms with E-state index in [9.17, 15) is 19.3 Å². The third-order valence-electron chi connectivity index (χ3n) is 4.01. The molecular weight excluding hydrogens is 353 g/mol. The Kier molecular flexibility index (Phi) is 5.20. The standard InChI is InChI=1S/C18H16FN5O3/c1-12-17(18(25)20-10-9-13-5-7-14(19)8-6-13)21-22-23(12)15-3-2-4-16(11-15)24(26)27/h2-8,11H,9-10H2,1H3,(H,20,25). The van der Waals surface area contributed by atoms with Gasteiger partial charge in [0.25, 0.3) is 11.6 Å². The molecule has 0 aliphatic rings. The summed E-state index contributed by atoms with van der Waals surface area (Å²) in [6, 6.07) is 12.0. The Morgan fingerprint density at radius 1 is 1.26 bits per heavy atom. The van der Waals surface area contributed by atoms with Crippen LogP contribution < -0.4 is 5.32 Å². The molecule has 0 saturated carbocycles. The largest absolute Gasteiger partial charge is 0.350 e. The molecule has 27 heavy (non-hydrogen) atoms. The van der Waals surface area contributed by atoms with Gasteiger partial charge in [0, 0.05) is 18.7 Å². The number of hydrogen-bond donors (Lipinski definition) is 1. The number of non-ortho nitro benzene ring substituents is 1. The smallest absolute Gasteiger partial charge is 0.273 e. The summed E-state index contributed by atoms with van der Waals surface area (Å²) >= 11 is 0. The van der Waals surface area contributed by atoms with Gasteiger partial charge in [0.2, 0.25) is 0 Å². The number of halogens is 1. The molecule has 0 aliphatic heterocycles. The first-order chi connectivity index (χ1) is 13.0. The van der Waals surface area contributed by atoms with Gasteiger partial charge in [-0.15, -0.1) is 5.10 Å². The number of nitrogens with zero attached hydrogens (tertiary/aromatic N) is 4. The van der Waals surface area contributed by atoms with Crippen molar-refractivity contribution in [3.63, 3.8) is 0 Å². The van der Waals surface area contributed by atoms with E-state index in [2.05, 4.69) is 15.6 Å². The molecule has 1 amide bonds. The van der Waals surface area contributed by atoms with Crippen LogP contribution in [0.4, 0.5) is 10.1 Å². The Balaban J connectivity index is 1.69. The number of nitro groups is 1. The fourth-order valence-electron chi connectivity index (χ4n) is 2.58. The molecule has 0 fully saturated rings. The van der Waals surface area contributed by atoms with E-state index in [1.54, 1.807) is 25.1 Å². The second-order valence-electron chi connectivity index (χ2n) is 5.84. The minimum atomic E-state index is -0.501. The lowest BCUT2D eigenvalue weighted by atomic mass is 10.1. The first kappa shape index (κ1) is 18.2. The number of carbonyl (C=O) groups excluding carboxylic acids is 1. The first-order valence-corrected chi connectivity index (χ1v) is 8.15. The van der Waals surface area contributed by atoms with Crippen molar-refractivity contribution >= 4 is 11.6 Å². The number of benzene rings is 2. The van der Waals surface area contributed by atoms with Gasteiger partial charge < -0.3 is 5.32 Å². The Labute approximate surface area is 153 Å². The van der Waals surface area contributed by atoms with Crippen LogP contribution in [0.3, 0.4) is 0 Å². The molecule has 0 aliphatic carbocycles. The minimum absolute atomic E-state index is 0.0762. The summed E-state index contributed by atoms with van der Waals surface area (Å²) in [5, 5.41) is 21.5. The van der Waals surface area contributed by atoms with Crippen LogP contribution in [0.2, 0.25) is 0 Å². The Hall–Kier alpha value is -3.62. The molecular formula is C18H16FN5O3. The predicted molar refractivity (Wildman–Crippen MR) is 95.2 cm³/mol. The monoisotopic (exact) mass is 369 g/mol. The average Bonchev–Trinajstić information content (AvgIpc) is 3.05. The van der Waals surface area contributed by atoms with E-state index in [-0.39, 0.29) is 17.2 Å². The fraction of sp³-hybridized carbons (Fsp3) is 0.167. The highest BCUT2D eigenvalue weighted by Crippen LogP contribution is 2.18. The number of amides is 1. The van der Waals surface area contributed by atoms with E-state index in [0.717, 1.165) is 5.56 Å². The van der Waals surface area contributed by atoms with E-state index in [1.807, 2.05) is 0 Å². The molecule has 138 valence electrons. The van der Waals surface area contributed by atoms with Crippen molar-refractivity contribution in [1.29, 1.82) is 0 Å². The van der Waals surface area contributed by atoms with Gasteiger partial charge in [-0.1, -0.05) is 23.4 Å². The normalized spacial score (nSPS) is 10.6. The Bertz CT molecular complexity index is 985. The van der Waals surface area contributed by atoms with Crippen LogP contribution in [0, 0.1) is 22.9 Å². The molecule has 0 radical (unpaired) electrons. The van der Waals surface area contributed by atoms with Crippen molar-refractivity contribution in [2.45, 2.75) is 13.3 Å². The SMILES string of the molecule is Cc1c(C(=O)NCCc2ccc(F)cc2)nnn1-c1cccc([N+](=O)[O-])c1. The lowest BCUT2D eigenvalue weighted by Crippen LogP contribution is -2.26. The van der Waals surface area contributed by atoms with E-state index in [0.29, 0.717) is 24.3 Å². The van der Waals surface area contributed by atoms with E-state index >= 15 is 0 Å². The lowest BCUT2D eigenvalue weighted by molar-refractivity contribution is -0.384. The summed E-state index contributed by atoms with van der Waals surface area (Å²) in [4.78, 5) is 22.7. The number of carbonyl (C=O) groups is 1. The van der Waals surface area contributed by atoms with Crippen molar-refractivity contribution in [2.24, 2.45) is 0 Å². The summed E-state index contributed by atoms with van der Waals surface area (Å²) in [5.41, 5.74) is 1.87. The molecule has 0 unspecified atom stereocenters. The number of nitro benzene ring substituents is 1. The fourth-order valence-corrected chi connectivity index (χ4v) is 2.58. The quantitative estimate of drug-likeness (QED) is 0.531. The molecule has 9 heteroatoms. The average molecular weight is 369 g/mol. The number of nitrogens with one attached hydrogen (secondary N) is 1. The van der Waals surface area contributed by atoms with Gasteiger partial charge in [0.05, 0.1) is 16.3 Å². The van der Waals surface area contributed by atoms with Crippen molar-refractivity contribution in [3.8, 4) is 5.69 Å². The summed E-state index contributed by atoms with van der Waals surface area (Å²) in [5.74, 6) is -0.706. The lowest BCUT2D eigenvalue weighted by Gasteiger charge is -2.05. The van der Waals surface area contributed by atoms with Crippen LogP contribution in [-0.2, 0) is 6.42 Å². The van der Waals surface area contributed by atoms with Gasteiger partial charge >= 0.3 is 0 Å². The molecule has 0 atom stereocenters. The zero-order valence-corrected chi connectivity index (χ0v) is 14.4. The maximum atomic E-state index is 12.9. The molecule has 3 rings (SSSR count). The third kappa shape index (κ3) is 4.14. The van der Waals surface area contributed by atoms with Gasteiger partial charge in [0.1, 0.15) is 5.82 Å². The van der Waals surface area contributed by atoms with E-state index in [4.69, 9.17) is 0 Å². The molecule has 1 aromatic heterocycles. The highest BCUT2D eigenvalue weighted by atomic mass is 19.1. The predicted octanol–water partition coefficient (Wildman–Crippen LogP) is 2.60. The summed E-state index contributed by atoms with van der Waals surface area (Å²) < 4.78 is 14.3. The zero-order valence-electron chi connectivity index (χ0n) is 14.4. The molecule has 8 nitrogen and oxygen atoms in total. The topological polar surface area (TPSA) is 103 Å². The Morgan fingerprint density at radius 2 is 2.00 bits per heavy atom. The molecule has 2 aromatic carbocycles. The minimum Gasteiger partial charge on any atom is -0.350 e. The van der Waals surface area contributed by atoms with Crippen LogP contribution in [0.5, 0.6) is 0 Å². The number of aromatic nitrogens is 3. The number of rotatable bonds is 6. The van der Waals surface area contributed by atoms with Crippen LogP contribution in [0.1, 0.15) is 21.7 Å². The van der Waals surface area contributed by atoms with Crippen molar-refractivity contribution in [1.82, 2.24) is 20.3 Å². The number of hydrogen-bond acceptors (Lipinski definition) is 5. The second kappa shape index (κ2) is 7.73. The maximum Gasteiger partial charge on any atom is 0.273 e. The molecule has 0 saturated heterocycles. The third-order valence-corrected chi connectivity index (χ3v) is 4.01. The van der Waals surface area contributed by atoms with Gasteiger partial charge in [-0.25, -0.2) is 9.07 Å². The van der Waals surface area contributed by atoms with Gasteiger partial charge in [0.15, 0.2) is 5.69 Å². The molecule has 3 aromatic rings. The molecule has 1 N–H and O–H groups in total. The summed E-state index contributed by atoms with van der Waals surface area (Å²) in [7, 11) is 0. The van der Waals surface area contributed by atoms with Gasteiger partial charge in [-0.2, -0.15) is 0 Å². The van der Waals surface area contributed by atoms with Crippen LogP contribution in [-0.4, -0.2) is 32.4 Å². The molecule has 0 bridgehead atoms. The zero-order chi connectivity index (χ0) is 19.4. The van der Waals surface area contributed by atoms with E-state index in [1.165, 1.54) is 35.0 Å². The van der Waals surface area contributed by atoms with Crippen LogP contribution in [0.15, 0.2) is 48.5 Å². The van der Waals surface area contributed by atoms with Crippen molar-refractivity contribution < 1.29 is 14.1 Å². The highest BCUT2D eigenvalue weighted by molar-refractivity contribution is 5.93. The van der Waals surface area contributed by atoms with Gasteiger partial charge in [-0.3, -0.25) is 14.9 Å². The molecule has 1 heterocycles. The highest BCUT2D eigenvalue weighted by Gasteiger charge is 2.18. The van der Waals surface area contributed by atoms with Crippen molar-refractivity contribution in [2.75, 3.05) is 6.54 Å². The Morgan fingerprint density at radius 3 is 2.70 bits per heavy atom. The maximum absolute atomic E-state index is 12.9. The van der Waals surface area contributed by atoms with Gasteiger partial charge in [-0.05, 0) is 37.1 Å². The molecule has 0 spiro atoms. The van der Waals surface area contributed by atoms with E-state index < -0.39 is 10.8 Å². The first-order valence-electron chi connectivity index (χ1n) is 8.15. The summed E-state index contributed by atoms with van der Waals surface area (Å²) in [6.07, 6.45) is 0.546. The van der Waals surface area contributed by atoms with Crippen molar-refractivity contribution in [3.05, 3.63) is 81.4 Å². The second-order valence-corrected chi connectivity index (χ2v) is 5.84. The van der Waals surface area contributed by atoms with Crippen LogP contribution >= 0.6 is 0 Å². The van der Waals surface area contributed by atoms with Crippen LogP contribution in [0.25, 0.3) is 5.69 Å².